The number of carboxylic acids is 1. The summed E-state index contributed by atoms with van der Waals surface area (Å²) in [6.07, 6.45) is 4.64. The Morgan fingerprint density at radius 1 is 0.696 bits per heavy atom. The van der Waals surface area contributed by atoms with E-state index in [9.17, 15) is 23.5 Å². The number of nitrogens with zero attached hydrogens (tertiary/aromatic N) is 2. The minimum absolute atomic E-state index is 0.0607. The average molecular weight is 939 g/mol. The van der Waals surface area contributed by atoms with E-state index in [0.717, 1.165) is 48.7 Å². The maximum atomic E-state index is 13.4. The van der Waals surface area contributed by atoms with E-state index in [4.69, 9.17) is 24.3 Å². The van der Waals surface area contributed by atoms with Crippen molar-refractivity contribution in [2.24, 2.45) is 5.92 Å². The van der Waals surface area contributed by atoms with Crippen LogP contribution in [0.25, 0.3) is 11.0 Å². The van der Waals surface area contributed by atoms with Crippen LogP contribution in [-0.4, -0.2) is 76.4 Å². The highest BCUT2D eigenvalue weighted by Crippen LogP contribution is 2.34. The molecule has 0 radical (unpaired) electrons. The number of benzene rings is 6. The summed E-state index contributed by atoms with van der Waals surface area (Å²) in [6.45, 7) is 3.68. The number of aromatic carboxylic acids is 1. The predicted octanol–water partition coefficient (Wildman–Crippen LogP) is 9.75. The van der Waals surface area contributed by atoms with Crippen LogP contribution in [0.15, 0.2) is 133 Å². The van der Waals surface area contributed by atoms with Crippen molar-refractivity contribution in [3.05, 3.63) is 179 Å². The summed E-state index contributed by atoms with van der Waals surface area (Å²) in [5.41, 5.74) is 7.02. The van der Waals surface area contributed by atoms with Gasteiger partial charge in [-0.05, 0) is 141 Å². The summed E-state index contributed by atoms with van der Waals surface area (Å²) in [5, 5.41) is 29.3. The highest BCUT2D eigenvalue weighted by molar-refractivity contribution is 5.94. The van der Waals surface area contributed by atoms with Gasteiger partial charge in [-0.2, -0.15) is 0 Å². The number of para-hydroxylation sites is 4. The number of nitrogens with one attached hydrogen (secondary N) is 4. The quantitative estimate of drug-likeness (QED) is 0.0690. The first-order valence-corrected chi connectivity index (χ1v) is 23.1. The molecule has 10 rings (SSSR count). The van der Waals surface area contributed by atoms with Crippen molar-refractivity contribution in [1.29, 1.82) is 0 Å². The Morgan fingerprint density at radius 2 is 1.30 bits per heavy atom. The van der Waals surface area contributed by atoms with E-state index in [0.29, 0.717) is 64.7 Å². The number of rotatable bonds is 12. The smallest absolute Gasteiger partial charge is 0.335 e. The lowest BCUT2D eigenvalue weighted by Crippen LogP contribution is -2.39. The molecule has 6 aromatic carbocycles. The van der Waals surface area contributed by atoms with Crippen LogP contribution in [0.2, 0.25) is 0 Å². The maximum Gasteiger partial charge on any atom is 0.335 e. The predicted molar refractivity (Wildman–Crippen MR) is 261 cm³/mol. The van der Waals surface area contributed by atoms with Crippen molar-refractivity contribution in [2.75, 3.05) is 43.9 Å². The van der Waals surface area contributed by atoms with E-state index in [2.05, 4.69) is 45.2 Å². The van der Waals surface area contributed by atoms with Crippen LogP contribution < -0.4 is 30.2 Å². The normalized spacial score (nSPS) is 14.8. The number of H-pyrrole nitrogens is 1. The number of ether oxygens (including phenoxy) is 3. The van der Waals surface area contributed by atoms with Gasteiger partial charge in [0.05, 0.1) is 47.9 Å². The molecule has 0 bridgehead atoms. The van der Waals surface area contributed by atoms with Crippen LogP contribution in [0.4, 0.5) is 20.2 Å². The summed E-state index contributed by atoms with van der Waals surface area (Å²) in [4.78, 5) is 34.0. The van der Waals surface area contributed by atoms with Crippen molar-refractivity contribution in [3.63, 3.8) is 0 Å². The van der Waals surface area contributed by atoms with Gasteiger partial charge in [-0.1, -0.05) is 48.5 Å². The lowest BCUT2D eigenvalue weighted by atomic mass is 9.95. The Kier molecular flexibility index (Phi) is 16.0. The van der Waals surface area contributed by atoms with Gasteiger partial charge < -0.3 is 50.3 Å². The Labute approximate surface area is 399 Å². The summed E-state index contributed by atoms with van der Waals surface area (Å²) in [7, 11) is 1.43. The van der Waals surface area contributed by atoms with Crippen LogP contribution in [0, 0.1) is 17.6 Å². The number of anilines is 2. The van der Waals surface area contributed by atoms with Crippen LogP contribution >= 0.6 is 0 Å². The topological polar surface area (TPSA) is 170 Å². The molecular formula is C54H56F2N6O7. The molecule has 6 N–H and O–H groups in total. The molecule has 0 unspecified atom stereocenters. The van der Waals surface area contributed by atoms with E-state index < -0.39 is 5.97 Å². The number of imidazole rings is 1. The zero-order chi connectivity index (χ0) is 48.1. The number of carbonyl (C=O) groups excluding carboxylic acids is 1. The van der Waals surface area contributed by atoms with Gasteiger partial charge in [-0.15, -0.1) is 0 Å². The van der Waals surface area contributed by atoms with Crippen LogP contribution in [0.5, 0.6) is 17.2 Å². The SMILES string of the molecule is COc1cc(C(=O)O)ccc1OCc1cccc(F)c1.O=C(c1ccc(OCc2cccc(F)c2)c(CO)c1)N1CCC(c2nc3ccccc3[nH]2)CC1.c1ccc2c(c1)NC(C1CCNCC1)N2. The van der Waals surface area contributed by atoms with Crippen molar-refractivity contribution in [2.45, 2.75) is 57.6 Å². The third-order valence-corrected chi connectivity index (χ3v) is 12.4. The molecule has 2 saturated heterocycles. The number of aromatic nitrogens is 2. The monoisotopic (exact) mass is 938 g/mol. The zero-order valence-electron chi connectivity index (χ0n) is 38.3. The van der Waals surface area contributed by atoms with Gasteiger partial charge >= 0.3 is 5.97 Å². The van der Waals surface area contributed by atoms with Crippen LogP contribution in [0.1, 0.15) is 74.8 Å². The van der Waals surface area contributed by atoms with Gasteiger partial charge in [0.2, 0.25) is 0 Å². The van der Waals surface area contributed by atoms with Crippen molar-refractivity contribution < 1.29 is 42.8 Å². The number of hydrogen-bond donors (Lipinski definition) is 6. The number of likely N-dealkylation sites (tertiary alicyclic amines) is 1. The van der Waals surface area contributed by atoms with Gasteiger partial charge in [-0.3, -0.25) is 4.79 Å². The molecule has 69 heavy (non-hydrogen) atoms. The minimum atomic E-state index is -1.04. The summed E-state index contributed by atoms with van der Waals surface area (Å²) < 4.78 is 42.8. The highest BCUT2D eigenvalue weighted by Gasteiger charge is 2.29. The van der Waals surface area contributed by atoms with E-state index in [-0.39, 0.29) is 42.9 Å². The molecule has 0 saturated carbocycles. The molecule has 4 heterocycles. The Morgan fingerprint density at radius 3 is 1.91 bits per heavy atom. The number of hydrogen-bond acceptors (Lipinski definition) is 10. The number of fused-ring (bicyclic) bond motifs is 2. The number of methoxy groups -OCH3 is 1. The first-order chi connectivity index (χ1) is 33.6. The molecule has 1 amide bonds. The number of carbonyl (C=O) groups is 2. The lowest BCUT2D eigenvalue weighted by molar-refractivity contribution is 0.0692. The fraction of sp³-hybridized carbons (Fsp3) is 0.278. The minimum Gasteiger partial charge on any atom is -0.493 e. The maximum absolute atomic E-state index is 13.4. The Balaban J connectivity index is 0.000000154. The fourth-order valence-electron chi connectivity index (χ4n) is 8.70. The third-order valence-electron chi connectivity index (χ3n) is 12.4. The lowest BCUT2D eigenvalue weighted by Gasteiger charge is -2.31. The number of aliphatic hydroxyl groups excluding tert-OH is 1. The molecule has 2 fully saturated rings. The summed E-state index contributed by atoms with van der Waals surface area (Å²) in [5.74, 6) is 1.47. The highest BCUT2D eigenvalue weighted by atomic mass is 19.1. The number of aliphatic hydroxyl groups is 1. The first-order valence-electron chi connectivity index (χ1n) is 23.1. The molecule has 15 heteroatoms. The van der Waals surface area contributed by atoms with Crippen LogP contribution in [0.3, 0.4) is 0 Å². The molecule has 0 atom stereocenters. The molecule has 0 spiro atoms. The first kappa shape index (κ1) is 48.0. The van der Waals surface area contributed by atoms with E-state index in [1.807, 2.05) is 29.2 Å². The second-order valence-corrected chi connectivity index (χ2v) is 17.1. The second-order valence-electron chi connectivity index (χ2n) is 17.1. The fourth-order valence-corrected chi connectivity index (χ4v) is 8.70. The number of aromatic amines is 1. The Bertz CT molecular complexity index is 2790. The van der Waals surface area contributed by atoms with Gasteiger partial charge in [0.25, 0.3) is 5.91 Å². The molecule has 3 aliphatic rings. The van der Waals surface area contributed by atoms with E-state index in [1.54, 1.807) is 42.5 Å². The molecule has 358 valence electrons. The molecular weight excluding hydrogens is 883 g/mol. The molecule has 13 nitrogen and oxygen atoms in total. The number of piperidine rings is 2. The van der Waals surface area contributed by atoms with E-state index >= 15 is 0 Å². The van der Waals surface area contributed by atoms with Gasteiger partial charge in [0.15, 0.2) is 11.5 Å². The number of halogens is 2. The van der Waals surface area contributed by atoms with Crippen molar-refractivity contribution in [1.82, 2.24) is 20.2 Å². The zero-order valence-corrected chi connectivity index (χ0v) is 38.3. The molecule has 3 aliphatic heterocycles. The largest absolute Gasteiger partial charge is 0.493 e. The third kappa shape index (κ3) is 12.5. The Hall–Kier alpha value is -7.49. The molecule has 0 aliphatic carbocycles. The number of carboxylic acid groups (broad SMARTS) is 1. The van der Waals surface area contributed by atoms with Crippen molar-refractivity contribution in [3.8, 4) is 17.2 Å². The van der Waals surface area contributed by atoms with E-state index in [1.165, 1.54) is 73.8 Å². The summed E-state index contributed by atoms with van der Waals surface area (Å²) in [6, 6.07) is 38.1. The molecule has 1 aromatic heterocycles. The van der Waals surface area contributed by atoms with Gasteiger partial charge in [0.1, 0.15) is 36.4 Å². The van der Waals surface area contributed by atoms with Gasteiger partial charge in [-0.25, -0.2) is 18.6 Å². The van der Waals surface area contributed by atoms with Gasteiger partial charge in [0, 0.05) is 30.1 Å². The molecule has 7 aromatic rings. The summed E-state index contributed by atoms with van der Waals surface area (Å²) >= 11 is 0. The van der Waals surface area contributed by atoms with Crippen molar-refractivity contribution >= 4 is 34.3 Å². The number of amides is 1. The standard InChI is InChI=1S/C27H26FN3O3.C15H13FO4.C12H17N3/c28-22-5-3-4-18(14-22)17-34-25-9-8-20(15-21(25)16-32)27(33)31-12-10-19(11-13-31)26-29-23-6-1-2-7-24(23)30-26;1-19-14-8-11(15(17)18)5-6-13(14)20-9-10-3-2-4-12(16)7-10;1-2-4-11-10(3-1)14-12(15-11)9-5-7-13-8-6-9/h1-9,14-15,19,32H,10-13,16-17H2,(H,29,30);2-8H,9H2,1H3,(H,17,18);1-4,9,12-15H,5-8H2. The second kappa shape index (κ2) is 23.0. The van der Waals surface area contributed by atoms with Crippen LogP contribution in [-0.2, 0) is 19.8 Å². The average Bonchev–Trinajstić information content (AvgIpc) is 4.03.